The Labute approximate surface area is 113 Å². The largest absolute Gasteiger partial charge is 0.393 e. The lowest BCUT2D eigenvalue weighted by Crippen LogP contribution is -2.37. The van der Waals surface area contributed by atoms with E-state index in [4.69, 9.17) is 11.6 Å². The van der Waals surface area contributed by atoms with Crippen LogP contribution in [-0.4, -0.2) is 33.8 Å². The normalized spacial score (nSPS) is 22.6. The Morgan fingerprint density at radius 1 is 1.44 bits per heavy atom. The van der Waals surface area contributed by atoms with Gasteiger partial charge in [0.2, 0.25) is 0 Å². The van der Waals surface area contributed by atoms with E-state index in [1.54, 1.807) is 12.4 Å². The molecule has 0 radical (unpaired) electrons. The van der Waals surface area contributed by atoms with Crippen LogP contribution in [0.25, 0.3) is 0 Å². The number of hydrogen-bond acceptors (Lipinski definition) is 4. The van der Waals surface area contributed by atoms with Crippen LogP contribution < -0.4 is 4.90 Å². The Balaban J connectivity index is 2.19. The highest BCUT2D eigenvalue weighted by Gasteiger charge is 2.23. The molecule has 0 aliphatic carbocycles. The fourth-order valence-electron chi connectivity index (χ4n) is 2.59. The molecule has 2 rings (SSSR count). The molecule has 0 saturated carbocycles. The predicted octanol–water partition coefficient (Wildman–Crippen LogP) is 2.65. The standard InChI is InChI=1S/C13H20ClN3O/c1-10(18)7-11-5-3-2-4-6-17(11)13-9-15-8-12(14)16-13/h8-11,18H,2-7H2,1H3. The average molecular weight is 270 g/mol. The summed E-state index contributed by atoms with van der Waals surface area (Å²) in [7, 11) is 0. The second-order valence-electron chi connectivity index (χ2n) is 4.98. The van der Waals surface area contributed by atoms with Crippen LogP contribution >= 0.6 is 11.6 Å². The molecule has 5 heteroatoms. The Kier molecular flexibility index (Phi) is 4.78. The van der Waals surface area contributed by atoms with Gasteiger partial charge in [-0.2, -0.15) is 0 Å². The van der Waals surface area contributed by atoms with Gasteiger partial charge in [-0.1, -0.05) is 24.4 Å². The van der Waals surface area contributed by atoms with Crippen molar-refractivity contribution in [3.63, 3.8) is 0 Å². The van der Waals surface area contributed by atoms with Crippen molar-refractivity contribution in [2.24, 2.45) is 0 Å². The number of aliphatic hydroxyl groups is 1. The Bertz CT molecular complexity index is 386. The lowest BCUT2D eigenvalue weighted by molar-refractivity contribution is 0.171. The van der Waals surface area contributed by atoms with E-state index in [2.05, 4.69) is 14.9 Å². The summed E-state index contributed by atoms with van der Waals surface area (Å²) in [4.78, 5) is 10.7. The average Bonchev–Trinajstić information content (AvgIpc) is 2.54. The summed E-state index contributed by atoms with van der Waals surface area (Å²) in [5.41, 5.74) is 0. The molecular formula is C13H20ClN3O. The zero-order valence-corrected chi connectivity index (χ0v) is 11.5. The topological polar surface area (TPSA) is 49.2 Å². The summed E-state index contributed by atoms with van der Waals surface area (Å²) < 4.78 is 0. The van der Waals surface area contributed by atoms with Gasteiger partial charge in [-0.25, -0.2) is 4.98 Å². The molecule has 18 heavy (non-hydrogen) atoms. The first-order chi connectivity index (χ1) is 8.66. The maximum atomic E-state index is 9.63. The summed E-state index contributed by atoms with van der Waals surface area (Å²) in [6, 6.07) is 0.334. The molecule has 1 aromatic heterocycles. The molecule has 2 unspecified atom stereocenters. The first kappa shape index (κ1) is 13.6. The molecule has 0 amide bonds. The van der Waals surface area contributed by atoms with E-state index in [0.29, 0.717) is 11.2 Å². The number of anilines is 1. The zero-order chi connectivity index (χ0) is 13.0. The van der Waals surface area contributed by atoms with Gasteiger partial charge in [-0.05, 0) is 26.2 Å². The molecule has 1 N–H and O–H groups in total. The third-order valence-corrected chi connectivity index (χ3v) is 3.56. The van der Waals surface area contributed by atoms with Gasteiger partial charge in [0.1, 0.15) is 11.0 Å². The number of nitrogens with zero attached hydrogens (tertiary/aromatic N) is 3. The van der Waals surface area contributed by atoms with Crippen molar-refractivity contribution in [2.45, 2.75) is 51.2 Å². The van der Waals surface area contributed by atoms with Gasteiger partial charge in [-0.15, -0.1) is 0 Å². The first-order valence-corrected chi connectivity index (χ1v) is 6.97. The zero-order valence-electron chi connectivity index (χ0n) is 10.7. The molecular weight excluding hydrogens is 250 g/mol. The molecule has 1 fully saturated rings. The molecule has 2 heterocycles. The lowest BCUT2D eigenvalue weighted by atomic mass is 10.0. The minimum absolute atomic E-state index is 0.289. The number of hydrogen-bond donors (Lipinski definition) is 1. The molecule has 0 aromatic carbocycles. The van der Waals surface area contributed by atoms with Crippen molar-refractivity contribution in [3.05, 3.63) is 17.5 Å². The summed E-state index contributed by atoms with van der Waals surface area (Å²) >= 11 is 5.91. The van der Waals surface area contributed by atoms with Crippen LogP contribution in [0.1, 0.15) is 39.0 Å². The third kappa shape index (κ3) is 3.56. The monoisotopic (exact) mass is 269 g/mol. The van der Waals surface area contributed by atoms with E-state index >= 15 is 0 Å². The number of halogens is 1. The molecule has 1 aliphatic rings. The second kappa shape index (κ2) is 6.34. The molecule has 0 spiro atoms. The van der Waals surface area contributed by atoms with Crippen molar-refractivity contribution >= 4 is 17.4 Å². The molecule has 100 valence electrons. The van der Waals surface area contributed by atoms with Crippen molar-refractivity contribution in [2.75, 3.05) is 11.4 Å². The van der Waals surface area contributed by atoms with Crippen molar-refractivity contribution < 1.29 is 5.11 Å². The highest BCUT2D eigenvalue weighted by atomic mass is 35.5. The lowest BCUT2D eigenvalue weighted by Gasteiger charge is -2.31. The maximum absolute atomic E-state index is 9.63. The number of aromatic nitrogens is 2. The smallest absolute Gasteiger partial charge is 0.149 e. The van der Waals surface area contributed by atoms with Crippen LogP contribution in [0, 0.1) is 0 Å². The van der Waals surface area contributed by atoms with Crippen LogP contribution in [0.5, 0.6) is 0 Å². The summed E-state index contributed by atoms with van der Waals surface area (Å²) in [5, 5.41) is 10.1. The van der Waals surface area contributed by atoms with Gasteiger partial charge in [0.15, 0.2) is 0 Å². The highest BCUT2D eigenvalue weighted by molar-refractivity contribution is 6.29. The molecule has 1 aliphatic heterocycles. The highest BCUT2D eigenvalue weighted by Crippen LogP contribution is 2.25. The van der Waals surface area contributed by atoms with Crippen LogP contribution in [0.3, 0.4) is 0 Å². The van der Waals surface area contributed by atoms with Gasteiger partial charge in [0, 0.05) is 12.6 Å². The Morgan fingerprint density at radius 3 is 3.00 bits per heavy atom. The minimum Gasteiger partial charge on any atom is -0.393 e. The summed E-state index contributed by atoms with van der Waals surface area (Å²) in [5.74, 6) is 0.829. The predicted molar refractivity (Wildman–Crippen MR) is 72.9 cm³/mol. The molecule has 1 aromatic rings. The first-order valence-electron chi connectivity index (χ1n) is 6.59. The van der Waals surface area contributed by atoms with Gasteiger partial charge in [0.25, 0.3) is 0 Å². The maximum Gasteiger partial charge on any atom is 0.149 e. The molecule has 4 nitrogen and oxygen atoms in total. The summed E-state index contributed by atoms with van der Waals surface area (Å²) in [6.07, 6.45) is 8.49. The van der Waals surface area contributed by atoms with Crippen LogP contribution in [-0.2, 0) is 0 Å². The van der Waals surface area contributed by atoms with E-state index in [1.807, 2.05) is 6.92 Å². The van der Waals surface area contributed by atoms with E-state index < -0.39 is 0 Å². The molecule has 2 atom stereocenters. The van der Waals surface area contributed by atoms with Crippen LogP contribution in [0.15, 0.2) is 12.4 Å². The Morgan fingerprint density at radius 2 is 2.28 bits per heavy atom. The third-order valence-electron chi connectivity index (χ3n) is 3.38. The van der Waals surface area contributed by atoms with E-state index in [-0.39, 0.29) is 6.10 Å². The van der Waals surface area contributed by atoms with Gasteiger partial charge >= 0.3 is 0 Å². The van der Waals surface area contributed by atoms with Crippen LogP contribution in [0.4, 0.5) is 5.82 Å². The number of aliphatic hydroxyl groups excluding tert-OH is 1. The van der Waals surface area contributed by atoms with Gasteiger partial charge in [-0.3, -0.25) is 4.98 Å². The van der Waals surface area contributed by atoms with Crippen LogP contribution in [0.2, 0.25) is 5.15 Å². The quantitative estimate of drug-likeness (QED) is 0.917. The van der Waals surface area contributed by atoms with Gasteiger partial charge < -0.3 is 10.0 Å². The fraction of sp³-hybridized carbons (Fsp3) is 0.692. The van der Waals surface area contributed by atoms with Crippen molar-refractivity contribution in [3.8, 4) is 0 Å². The number of rotatable bonds is 3. The van der Waals surface area contributed by atoms with Crippen molar-refractivity contribution in [1.29, 1.82) is 0 Å². The minimum atomic E-state index is -0.289. The summed E-state index contributed by atoms with van der Waals surface area (Å²) in [6.45, 7) is 2.80. The van der Waals surface area contributed by atoms with Crippen molar-refractivity contribution in [1.82, 2.24) is 9.97 Å². The molecule has 0 bridgehead atoms. The van der Waals surface area contributed by atoms with E-state index in [1.165, 1.54) is 12.8 Å². The fourth-order valence-corrected chi connectivity index (χ4v) is 2.73. The van der Waals surface area contributed by atoms with E-state index in [9.17, 15) is 5.11 Å². The van der Waals surface area contributed by atoms with E-state index in [0.717, 1.165) is 31.6 Å². The molecule has 1 saturated heterocycles. The Hall–Kier alpha value is -0.870. The SMILES string of the molecule is CC(O)CC1CCCCCN1c1cncc(Cl)n1. The van der Waals surface area contributed by atoms with Gasteiger partial charge in [0.05, 0.1) is 18.5 Å². The second-order valence-corrected chi connectivity index (χ2v) is 5.37.